The monoisotopic (exact) mass is 397 g/mol. The number of rotatable bonds is 5. The summed E-state index contributed by atoms with van der Waals surface area (Å²) in [5.41, 5.74) is 3.09. The zero-order valence-corrected chi connectivity index (χ0v) is 16.4. The fourth-order valence-corrected chi connectivity index (χ4v) is 3.27. The van der Waals surface area contributed by atoms with Gasteiger partial charge in [-0.3, -0.25) is 0 Å². The van der Waals surface area contributed by atoms with E-state index in [0.717, 1.165) is 22.4 Å². The highest BCUT2D eigenvalue weighted by atomic mass is 16.7. The van der Waals surface area contributed by atoms with Crippen molar-refractivity contribution in [3.05, 3.63) is 52.6 Å². The van der Waals surface area contributed by atoms with Crippen LogP contribution < -0.4 is 23.7 Å². The third-order valence-electron chi connectivity index (χ3n) is 4.68. The maximum Gasteiger partial charge on any atom is 0.518 e. The molecule has 29 heavy (non-hydrogen) atoms. The van der Waals surface area contributed by atoms with Crippen LogP contribution in [0.25, 0.3) is 12.2 Å². The van der Waals surface area contributed by atoms with Gasteiger partial charge in [0.15, 0.2) is 23.0 Å². The van der Waals surface area contributed by atoms with Crippen molar-refractivity contribution in [2.75, 3.05) is 34.7 Å². The fraction of sp³-hybridized carbons (Fsp3) is 0.227. The summed E-state index contributed by atoms with van der Waals surface area (Å²) in [5.74, 6) is 2.84. The Morgan fingerprint density at radius 1 is 0.828 bits per heavy atom. The topological polar surface area (TPSA) is 76.8 Å². The second-order valence-electron chi connectivity index (χ2n) is 6.39. The highest BCUT2D eigenvalue weighted by molar-refractivity contribution is 6.03. The molecule has 1 N–H and O–H groups in total. The molecule has 2 aliphatic heterocycles. The Bertz CT molecular complexity index is 995. The van der Waals surface area contributed by atoms with Crippen molar-refractivity contribution in [3.63, 3.8) is 0 Å². The lowest BCUT2D eigenvalue weighted by Gasteiger charge is -2.12. The molecule has 0 aromatic heterocycles. The summed E-state index contributed by atoms with van der Waals surface area (Å²) in [5, 5.41) is 0. The summed E-state index contributed by atoms with van der Waals surface area (Å²) >= 11 is 0. The third kappa shape index (κ3) is 3.59. The van der Waals surface area contributed by atoms with Gasteiger partial charge in [-0.2, -0.15) is 0 Å². The maximum absolute atomic E-state index is 10.3. The fourth-order valence-electron chi connectivity index (χ4n) is 3.27. The molecule has 0 atom stereocenters. The molecule has 7 heteroatoms. The Balaban J connectivity index is 1.72. The predicted molar refractivity (Wildman–Crippen MR) is 108 cm³/mol. The van der Waals surface area contributed by atoms with Gasteiger partial charge in [-0.05, 0) is 47.5 Å². The first-order chi connectivity index (χ1) is 14.1. The molecule has 1 saturated heterocycles. The smallest absolute Gasteiger partial charge is 0.493 e. The van der Waals surface area contributed by atoms with Crippen molar-refractivity contribution in [2.45, 2.75) is 0 Å². The van der Waals surface area contributed by atoms with E-state index >= 15 is 0 Å². The number of cyclic esters (lactones) is 1. The molecule has 0 unspecified atom stereocenters. The number of ether oxygens (including phenoxy) is 6. The van der Waals surface area contributed by atoms with Gasteiger partial charge < -0.3 is 33.2 Å². The molecule has 0 aliphatic carbocycles. The molecule has 150 valence electrons. The molecule has 0 amide bonds. The van der Waals surface area contributed by atoms with Crippen LogP contribution in [0.1, 0.15) is 11.1 Å². The number of methoxy groups -OCH3 is 3. The lowest BCUT2D eigenvalue weighted by atomic mass is 10.0. The minimum absolute atomic E-state index is 0.134. The van der Waals surface area contributed by atoms with Crippen molar-refractivity contribution >= 4 is 18.1 Å². The van der Waals surface area contributed by atoms with E-state index in [1.54, 1.807) is 33.5 Å². The van der Waals surface area contributed by atoms with E-state index in [-0.39, 0.29) is 19.4 Å². The first kappa shape index (κ1) is 18.7. The Morgan fingerprint density at radius 2 is 1.55 bits per heavy atom. The lowest BCUT2D eigenvalue weighted by Crippen LogP contribution is -1.98. The summed E-state index contributed by atoms with van der Waals surface area (Å²) in [6, 6.07) is 9.28. The van der Waals surface area contributed by atoms with E-state index in [0.29, 0.717) is 28.6 Å². The average molecular weight is 397 g/mol. The molecule has 0 radical (unpaired) electrons. The molecule has 2 aliphatic rings. The minimum atomic E-state index is -0.134. The van der Waals surface area contributed by atoms with Gasteiger partial charge in [0.05, 0.1) is 21.3 Å². The van der Waals surface area contributed by atoms with Crippen LogP contribution in [0.4, 0.5) is 0 Å². The Morgan fingerprint density at radius 3 is 2.24 bits per heavy atom. The van der Waals surface area contributed by atoms with E-state index in [1.165, 1.54) is 0 Å². The number of hydrogen-bond acceptors (Lipinski definition) is 6. The molecule has 0 saturated carbocycles. The number of benzene rings is 2. The molecule has 2 aromatic carbocycles. The minimum Gasteiger partial charge on any atom is -0.493 e. The van der Waals surface area contributed by atoms with Crippen LogP contribution in [0.3, 0.4) is 0 Å². The quantitative estimate of drug-likeness (QED) is 0.437. The Hall–Kier alpha value is -3.61. The normalized spacial score (nSPS) is 17.6. The highest BCUT2D eigenvalue weighted by Crippen LogP contribution is 2.39. The Labute approximate surface area is 168 Å². The molecule has 0 spiro atoms. The van der Waals surface area contributed by atoms with E-state index < -0.39 is 0 Å². The first-order valence-electron chi connectivity index (χ1n) is 8.94. The van der Waals surface area contributed by atoms with Gasteiger partial charge in [0.2, 0.25) is 19.1 Å². The van der Waals surface area contributed by atoms with Crippen molar-refractivity contribution in [2.24, 2.45) is 0 Å². The number of carbonyl (C=O) groups excluding carboxylic acids is 1. The van der Waals surface area contributed by atoms with Crippen LogP contribution in [0.15, 0.2) is 41.5 Å². The molecule has 2 aromatic rings. The second-order valence-corrected chi connectivity index (χ2v) is 6.39. The molecule has 4 rings (SSSR count). The first-order valence-corrected chi connectivity index (χ1v) is 8.94. The van der Waals surface area contributed by atoms with Crippen LogP contribution in [0, 0.1) is 0 Å². The van der Waals surface area contributed by atoms with Gasteiger partial charge in [0.1, 0.15) is 5.57 Å². The van der Waals surface area contributed by atoms with E-state index in [4.69, 9.17) is 28.4 Å². The van der Waals surface area contributed by atoms with Crippen molar-refractivity contribution in [3.8, 4) is 28.7 Å². The SMILES string of the molecule is COc1cc(/C=C2/C(=[OH+])OC/C2=C/c2ccc3c(c2)OCO3)cc(OC)c1OC. The van der Waals surface area contributed by atoms with Crippen LogP contribution >= 0.6 is 0 Å². The van der Waals surface area contributed by atoms with Crippen LogP contribution in [-0.2, 0) is 4.74 Å². The van der Waals surface area contributed by atoms with Crippen molar-refractivity contribution < 1.29 is 33.2 Å². The number of esters is 1. The summed E-state index contributed by atoms with van der Waals surface area (Å²) in [6.45, 7) is 0.482. The zero-order valence-electron chi connectivity index (χ0n) is 16.4. The molecule has 7 nitrogen and oxygen atoms in total. The van der Waals surface area contributed by atoms with Gasteiger partial charge in [-0.1, -0.05) is 6.07 Å². The molecule has 2 heterocycles. The molecule has 0 bridgehead atoms. The summed E-state index contributed by atoms with van der Waals surface area (Å²) in [4.78, 5) is 10.3. The number of hydrogen-bond donors (Lipinski definition) is 0. The van der Waals surface area contributed by atoms with Gasteiger partial charge in [-0.25, -0.2) is 0 Å². The third-order valence-corrected chi connectivity index (χ3v) is 4.68. The lowest BCUT2D eigenvalue weighted by molar-refractivity contribution is 0.174. The summed E-state index contributed by atoms with van der Waals surface area (Å²) in [7, 11) is 4.66. The van der Waals surface area contributed by atoms with Gasteiger partial charge >= 0.3 is 5.97 Å². The van der Waals surface area contributed by atoms with Gasteiger partial charge in [0, 0.05) is 5.57 Å². The molecule has 1 fully saturated rings. The predicted octanol–water partition coefficient (Wildman–Crippen LogP) is 3.44. The molecular formula is C22H21O7+. The second kappa shape index (κ2) is 7.79. The largest absolute Gasteiger partial charge is 0.518 e. The van der Waals surface area contributed by atoms with Crippen molar-refractivity contribution in [1.82, 2.24) is 0 Å². The van der Waals surface area contributed by atoms with Crippen molar-refractivity contribution in [1.29, 1.82) is 0 Å². The highest BCUT2D eigenvalue weighted by Gasteiger charge is 2.33. The average Bonchev–Trinajstić information content (AvgIpc) is 3.34. The summed E-state index contributed by atoms with van der Waals surface area (Å²) < 4.78 is 32.3. The van der Waals surface area contributed by atoms with E-state index in [9.17, 15) is 4.79 Å². The summed E-state index contributed by atoms with van der Waals surface area (Å²) in [6.07, 6.45) is 3.75. The van der Waals surface area contributed by atoms with E-state index in [1.807, 2.05) is 30.4 Å². The van der Waals surface area contributed by atoms with E-state index in [2.05, 4.69) is 0 Å². The van der Waals surface area contributed by atoms with Gasteiger partial charge in [-0.15, -0.1) is 0 Å². The Kier molecular flexibility index (Phi) is 5.03. The van der Waals surface area contributed by atoms with Gasteiger partial charge in [0.25, 0.3) is 0 Å². The molecular weight excluding hydrogens is 376 g/mol. The number of fused-ring (bicyclic) bond motifs is 1. The van der Waals surface area contributed by atoms with Crippen LogP contribution in [0.2, 0.25) is 0 Å². The maximum atomic E-state index is 10.3. The van der Waals surface area contributed by atoms with Crippen LogP contribution in [-0.4, -0.2) is 45.5 Å². The standard InChI is InChI=1S/C22H20O7/c1-24-19-9-14(10-20(25-2)21(19)26-3)7-16-15(11-27-22(16)23)6-13-4-5-17-18(8-13)29-12-28-17/h4-10H,11-12H2,1-3H3/p+1/b15-6-,16-7+. The van der Waals surface area contributed by atoms with Crippen LogP contribution in [0.5, 0.6) is 28.7 Å². The zero-order chi connectivity index (χ0) is 20.4.